The molecule has 2 aromatic rings. The number of halogens is 2. The fourth-order valence-electron chi connectivity index (χ4n) is 1.59. The highest BCUT2D eigenvalue weighted by Crippen LogP contribution is 2.09. The molecule has 0 bridgehead atoms. The van der Waals surface area contributed by atoms with Crippen LogP contribution < -0.4 is 10.6 Å². The summed E-state index contributed by atoms with van der Waals surface area (Å²) in [5, 5.41) is 12.3. The number of nitrogens with one attached hydrogen (secondary N) is 2. The zero-order chi connectivity index (χ0) is 14.4. The molecule has 0 atom stereocenters. The lowest BCUT2D eigenvalue weighted by Gasteiger charge is -2.10. The molecule has 0 amide bonds. The molecule has 0 spiro atoms. The predicted octanol–water partition coefficient (Wildman–Crippen LogP) is 2.85. The van der Waals surface area contributed by atoms with Gasteiger partial charge in [0.15, 0.2) is 5.11 Å². The number of benzene rings is 1. The molecule has 0 saturated carbocycles. The van der Waals surface area contributed by atoms with Crippen molar-refractivity contribution < 1.29 is 0 Å². The van der Waals surface area contributed by atoms with E-state index in [2.05, 4.69) is 15.7 Å². The van der Waals surface area contributed by atoms with Crippen LogP contribution in [0.2, 0.25) is 10.0 Å². The molecule has 106 valence electrons. The molecular formula is C13H14Cl2N4S. The number of aromatic nitrogens is 2. The van der Waals surface area contributed by atoms with E-state index in [4.69, 9.17) is 35.4 Å². The fraction of sp³-hybridized carbons (Fsp3) is 0.231. The van der Waals surface area contributed by atoms with Crippen molar-refractivity contribution in [3.63, 3.8) is 0 Å². The zero-order valence-corrected chi connectivity index (χ0v) is 13.0. The summed E-state index contributed by atoms with van der Waals surface area (Å²) in [6.45, 7) is 2.05. The quantitative estimate of drug-likeness (QED) is 0.828. The van der Waals surface area contributed by atoms with Gasteiger partial charge in [-0.25, -0.2) is 0 Å². The van der Waals surface area contributed by atoms with E-state index in [0.29, 0.717) is 29.8 Å². The monoisotopic (exact) mass is 328 g/mol. The second-order valence-electron chi connectivity index (χ2n) is 4.16. The highest BCUT2D eigenvalue weighted by atomic mass is 35.5. The van der Waals surface area contributed by atoms with E-state index < -0.39 is 0 Å². The number of hydrogen-bond acceptors (Lipinski definition) is 2. The SMILES string of the molecule is S=C(NCCn1cc(Cl)cn1)NCc1ccc(Cl)cc1. The van der Waals surface area contributed by atoms with Crippen LogP contribution in [0.25, 0.3) is 0 Å². The van der Waals surface area contributed by atoms with Crippen LogP contribution in [0.4, 0.5) is 0 Å². The molecule has 0 aliphatic carbocycles. The predicted molar refractivity (Wildman–Crippen MR) is 86.1 cm³/mol. The summed E-state index contributed by atoms with van der Waals surface area (Å²) in [6, 6.07) is 7.64. The second-order valence-corrected chi connectivity index (χ2v) is 5.44. The average Bonchev–Trinajstić information content (AvgIpc) is 2.84. The Morgan fingerprint density at radius 2 is 1.90 bits per heavy atom. The largest absolute Gasteiger partial charge is 0.361 e. The van der Waals surface area contributed by atoms with Crippen molar-refractivity contribution in [1.29, 1.82) is 0 Å². The highest BCUT2D eigenvalue weighted by molar-refractivity contribution is 7.80. The van der Waals surface area contributed by atoms with Gasteiger partial charge >= 0.3 is 0 Å². The molecule has 7 heteroatoms. The Labute approximate surface area is 133 Å². The van der Waals surface area contributed by atoms with Crippen molar-refractivity contribution in [3.8, 4) is 0 Å². The minimum absolute atomic E-state index is 0.609. The van der Waals surface area contributed by atoms with E-state index in [9.17, 15) is 0 Å². The number of rotatable bonds is 5. The van der Waals surface area contributed by atoms with E-state index in [0.717, 1.165) is 10.6 Å². The minimum Gasteiger partial charge on any atom is -0.361 e. The molecular weight excluding hydrogens is 315 g/mol. The summed E-state index contributed by atoms with van der Waals surface area (Å²) in [7, 11) is 0. The minimum atomic E-state index is 0.609. The van der Waals surface area contributed by atoms with Crippen LogP contribution in [0.3, 0.4) is 0 Å². The summed E-state index contributed by atoms with van der Waals surface area (Å²) in [5.74, 6) is 0. The van der Waals surface area contributed by atoms with E-state index in [1.807, 2.05) is 24.3 Å². The summed E-state index contributed by atoms with van der Waals surface area (Å²) < 4.78 is 1.76. The maximum atomic E-state index is 5.83. The Morgan fingerprint density at radius 1 is 1.15 bits per heavy atom. The van der Waals surface area contributed by atoms with Crippen molar-refractivity contribution in [1.82, 2.24) is 20.4 Å². The first-order chi connectivity index (χ1) is 9.63. The lowest BCUT2D eigenvalue weighted by atomic mass is 10.2. The second kappa shape index (κ2) is 7.47. The van der Waals surface area contributed by atoms with Crippen molar-refractivity contribution in [2.45, 2.75) is 13.1 Å². The van der Waals surface area contributed by atoms with Gasteiger partial charge in [0.2, 0.25) is 0 Å². The summed E-state index contributed by atoms with van der Waals surface area (Å²) >= 11 is 16.8. The van der Waals surface area contributed by atoms with Crippen LogP contribution in [-0.2, 0) is 13.1 Å². The van der Waals surface area contributed by atoms with E-state index >= 15 is 0 Å². The summed E-state index contributed by atoms with van der Waals surface area (Å²) in [5.41, 5.74) is 1.12. The van der Waals surface area contributed by atoms with Gasteiger partial charge < -0.3 is 10.6 Å². The van der Waals surface area contributed by atoms with Gasteiger partial charge in [0.1, 0.15) is 0 Å². The topological polar surface area (TPSA) is 41.9 Å². The van der Waals surface area contributed by atoms with Crippen LogP contribution in [0.5, 0.6) is 0 Å². The number of nitrogens with zero attached hydrogens (tertiary/aromatic N) is 2. The van der Waals surface area contributed by atoms with Gasteiger partial charge in [0.25, 0.3) is 0 Å². The maximum Gasteiger partial charge on any atom is 0.166 e. The number of thiocarbonyl (C=S) groups is 1. The van der Waals surface area contributed by atoms with Crippen LogP contribution in [-0.4, -0.2) is 21.4 Å². The van der Waals surface area contributed by atoms with E-state index in [1.165, 1.54) is 0 Å². The third-order valence-electron chi connectivity index (χ3n) is 2.59. The zero-order valence-electron chi connectivity index (χ0n) is 10.6. The molecule has 20 heavy (non-hydrogen) atoms. The van der Waals surface area contributed by atoms with Crippen LogP contribution in [0.15, 0.2) is 36.7 Å². The average molecular weight is 329 g/mol. The summed E-state index contributed by atoms with van der Waals surface area (Å²) in [6.07, 6.45) is 3.38. The molecule has 2 N–H and O–H groups in total. The third kappa shape index (κ3) is 5.00. The molecule has 4 nitrogen and oxygen atoms in total. The van der Waals surface area contributed by atoms with Gasteiger partial charge in [-0.3, -0.25) is 4.68 Å². The van der Waals surface area contributed by atoms with Crippen LogP contribution in [0, 0.1) is 0 Å². The lowest BCUT2D eigenvalue weighted by Crippen LogP contribution is -2.36. The van der Waals surface area contributed by atoms with Gasteiger partial charge in [0.05, 0.1) is 17.8 Å². The maximum absolute atomic E-state index is 5.83. The molecule has 1 aromatic heterocycles. The highest BCUT2D eigenvalue weighted by Gasteiger charge is 1.98. The molecule has 0 saturated heterocycles. The molecule has 2 rings (SSSR count). The van der Waals surface area contributed by atoms with Gasteiger partial charge in [-0.05, 0) is 29.9 Å². The first-order valence-electron chi connectivity index (χ1n) is 6.07. The molecule has 0 aliphatic heterocycles. The molecule has 0 fully saturated rings. The van der Waals surface area contributed by atoms with Gasteiger partial charge in [-0.1, -0.05) is 35.3 Å². The third-order valence-corrected chi connectivity index (χ3v) is 3.33. The Hall–Kier alpha value is -1.30. The van der Waals surface area contributed by atoms with E-state index in [-0.39, 0.29) is 0 Å². The molecule has 1 heterocycles. The first kappa shape index (κ1) is 15.1. The number of hydrogen-bond donors (Lipinski definition) is 2. The van der Waals surface area contributed by atoms with Crippen LogP contribution >= 0.6 is 35.4 Å². The Morgan fingerprint density at radius 3 is 2.55 bits per heavy atom. The molecule has 0 aliphatic rings. The Bertz CT molecular complexity index is 568. The molecule has 0 radical (unpaired) electrons. The van der Waals surface area contributed by atoms with Gasteiger partial charge in [-0.15, -0.1) is 0 Å². The summed E-state index contributed by atoms with van der Waals surface area (Å²) in [4.78, 5) is 0. The molecule has 1 aromatic carbocycles. The van der Waals surface area contributed by atoms with Crippen molar-refractivity contribution in [2.75, 3.05) is 6.54 Å². The Kier molecular flexibility index (Phi) is 5.64. The fourth-order valence-corrected chi connectivity index (χ4v) is 2.05. The van der Waals surface area contributed by atoms with Gasteiger partial charge in [-0.2, -0.15) is 5.10 Å². The first-order valence-corrected chi connectivity index (χ1v) is 7.24. The normalized spacial score (nSPS) is 10.3. The van der Waals surface area contributed by atoms with E-state index in [1.54, 1.807) is 17.1 Å². The van der Waals surface area contributed by atoms with Crippen molar-refractivity contribution in [2.24, 2.45) is 0 Å². The van der Waals surface area contributed by atoms with Crippen molar-refractivity contribution in [3.05, 3.63) is 52.3 Å². The van der Waals surface area contributed by atoms with Crippen LogP contribution in [0.1, 0.15) is 5.56 Å². The lowest BCUT2D eigenvalue weighted by molar-refractivity contribution is 0.600. The Balaban J connectivity index is 1.66. The standard InChI is InChI=1S/C13H14Cl2N4S/c14-11-3-1-10(2-4-11)7-17-13(20)16-5-6-19-9-12(15)8-18-19/h1-4,8-9H,5-7H2,(H2,16,17,20). The smallest absolute Gasteiger partial charge is 0.166 e. The van der Waals surface area contributed by atoms with Crippen molar-refractivity contribution >= 4 is 40.5 Å². The molecule has 0 unspecified atom stereocenters. The van der Waals surface area contributed by atoms with Gasteiger partial charge in [0, 0.05) is 24.3 Å².